The van der Waals surface area contributed by atoms with E-state index in [1.54, 1.807) is 23.9 Å². The molecule has 1 aliphatic heterocycles. The van der Waals surface area contributed by atoms with Gasteiger partial charge >= 0.3 is 0 Å². The Labute approximate surface area is 168 Å². The Morgan fingerprint density at radius 2 is 1.96 bits per heavy atom. The number of rotatable bonds is 5. The molecule has 2 aromatic rings. The molecule has 1 atom stereocenters. The molecule has 26 heavy (non-hydrogen) atoms. The summed E-state index contributed by atoms with van der Waals surface area (Å²) in [5.41, 5.74) is 1.81. The van der Waals surface area contributed by atoms with Crippen LogP contribution in [0.1, 0.15) is 28.8 Å². The molecule has 2 aromatic carbocycles. The molecule has 0 bridgehead atoms. The number of benzene rings is 2. The van der Waals surface area contributed by atoms with Gasteiger partial charge in [-0.3, -0.25) is 4.79 Å². The van der Waals surface area contributed by atoms with E-state index in [1.165, 1.54) is 0 Å². The van der Waals surface area contributed by atoms with E-state index in [9.17, 15) is 9.90 Å². The summed E-state index contributed by atoms with van der Waals surface area (Å²) in [5, 5.41) is 10.7. The molecular formula is C20H21Cl2NO2S. The normalized spacial score (nSPS) is 17.3. The van der Waals surface area contributed by atoms with Gasteiger partial charge < -0.3 is 10.0 Å². The zero-order valence-electron chi connectivity index (χ0n) is 14.3. The third-order valence-electron chi connectivity index (χ3n) is 4.55. The molecular weight excluding hydrogens is 389 g/mol. The van der Waals surface area contributed by atoms with Crippen LogP contribution in [0.3, 0.4) is 0 Å². The number of hydrogen-bond acceptors (Lipinski definition) is 3. The Hall–Kier alpha value is -1.20. The van der Waals surface area contributed by atoms with Gasteiger partial charge in [0.05, 0.1) is 5.02 Å². The van der Waals surface area contributed by atoms with Gasteiger partial charge in [-0.05, 0) is 54.7 Å². The van der Waals surface area contributed by atoms with Crippen LogP contribution in [0, 0.1) is 5.92 Å². The van der Waals surface area contributed by atoms with Crippen molar-refractivity contribution in [2.24, 2.45) is 5.92 Å². The molecule has 1 amide bonds. The van der Waals surface area contributed by atoms with Gasteiger partial charge in [0.1, 0.15) is 0 Å². The average Bonchev–Trinajstić information content (AvgIpc) is 2.68. The smallest absolute Gasteiger partial charge is 0.253 e. The maximum atomic E-state index is 12.6. The van der Waals surface area contributed by atoms with Crippen molar-refractivity contribution in [3.63, 3.8) is 0 Å². The number of carbonyl (C=O) groups is 1. The minimum atomic E-state index is 0.0419. The van der Waals surface area contributed by atoms with E-state index < -0.39 is 0 Å². The number of thioether (sulfide) groups is 1. The highest BCUT2D eigenvalue weighted by Crippen LogP contribution is 2.32. The van der Waals surface area contributed by atoms with Crippen LogP contribution in [0.15, 0.2) is 47.4 Å². The first-order valence-electron chi connectivity index (χ1n) is 8.63. The molecule has 1 N–H and O–H groups in total. The van der Waals surface area contributed by atoms with E-state index >= 15 is 0 Å². The lowest BCUT2D eigenvalue weighted by Crippen LogP contribution is -2.40. The third kappa shape index (κ3) is 4.95. The first kappa shape index (κ1) is 19.6. The molecule has 1 unspecified atom stereocenters. The Morgan fingerprint density at radius 3 is 2.69 bits per heavy atom. The number of halogens is 2. The lowest BCUT2D eigenvalue weighted by Gasteiger charge is -2.31. The molecule has 1 saturated heterocycles. The quantitative estimate of drug-likeness (QED) is 0.695. The van der Waals surface area contributed by atoms with Crippen molar-refractivity contribution in [3.8, 4) is 0 Å². The van der Waals surface area contributed by atoms with Gasteiger partial charge in [0.25, 0.3) is 5.91 Å². The van der Waals surface area contributed by atoms with E-state index in [-0.39, 0.29) is 18.4 Å². The second kappa shape index (κ2) is 9.14. The zero-order valence-corrected chi connectivity index (χ0v) is 16.7. The van der Waals surface area contributed by atoms with Gasteiger partial charge in [0, 0.05) is 40.9 Å². The number of piperidine rings is 1. The fourth-order valence-corrected chi connectivity index (χ4v) is 4.52. The Morgan fingerprint density at radius 1 is 1.19 bits per heavy atom. The Balaban J connectivity index is 1.61. The van der Waals surface area contributed by atoms with Crippen LogP contribution in [0.25, 0.3) is 0 Å². The molecule has 0 spiro atoms. The second-order valence-electron chi connectivity index (χ2n) is 6.50. The van der Waals surface area contributed by atoms with Crippen LogP contribution in [0.5, 0.6) is 0 Å². The number of nitrogens with zero attached hydrogens (tertiary/aromatic N) is 1. The maximum Gasteiger partial charge on any atom is 0.253 e. The maximum absolute atomic E-state index is 12.6. The predicted molar refractivity (Wildman–Crippen MR) is 108 cm³/mol. The summed E-state index contributed by atoms with van der Waals surface area (Å²) < 4.78 is 0. The van der Waals surface area contributed by atoms with Crippen molar-refractivity contribution in [1.82, 2.24) is 4.90 Å². The van der Waals surface area contributed by atoms with E-state index in [4.69, 9.17) is 23.2 Å². The van der Waals surface area contributed by atoms with Crippen LogP contribution in [-0.2, 0) is 5.75 Å². The SMILES string of the molecule is O=C(c1ccc(CSc2cc(Cl)ccc2Cl)cc1)N1CCCC(CO)C1. The van der Waals surface area contributed by atoms with Gasteiger partial charge in [0.15, 0.2) is 0 Å². The van der Waals surface area contributed by atoms with Crippen molar-refractivity contribution in [2.75, 3.05) is 19.7 Å². The highest BCUT2D eigenvalue weighted by molar-refractivity contribution is 7.98. The van der Waals surface area contributed by atoms with E-state index in [2.05, 4.69) is 0 Å². The van der Waals surface area contributed by atoms with Gasteiger partial charge in [0.2, 0.25) is 0 Å². The molecule has 0 aromatic heterocycles. The second-order valence-corrected chi connectivity index (χ2v) is 8.36. The van der Waals surface area contributed by atoms with Gasteiger partial charge in [-0.1, -0.05) is 35.3 Å². The summed E-state index contributed by atoms with van der Waals surface area (Å²) in [5.74, 6) is 0.997. The van der Waals surface area contributed by atoms with E-state index in [0.717, 1.165) is 35.6 Å². The van der Waals surface area contributed by atoms with Gasteiger partial charge in [-0.25, -0.2) is 0 Å². The first-order chi connectivity index (χ1) is 12.6. The molecule has 6 heteroatoms. The van der Waals surface area contributed by atoms with Crippen LogP contribution in [0.4, 0.5) is 0 Å². The third-order valence-corrected chi connectivity index (χ3v) is 6.36. The number of aliphatic hydroxyl groups excluding tert-OH is 1. The van der Waals surface area contributed by atoms with Crippen LogP contribution < -0.4 is 0 Å². The van der Waals surface area contributed by atoms with Crippen molar-refractivity contribution in [3.05, 3.63) is 63.6 Å². The minimum absolute atomic E-state index is 0.0419. The van der Waals surface area contributed by atoms with Crippen molar-refractivity contribution < 1.29 is 9.90 Å². The molecule has 3 rings (SSSR count). The van der Waals surface area contributed by atoms with Crippen LogP contribution in [-0.4, -0.2) is 35.6 Å². The van der Waals surface area contributed by atoms with Crippen molar-refractivity contribution in [1.29, 1.82) is 0 Å². The number of amides is 1. The Kier molecular flexibility index (Phi) is 6.87. The number of aliphatic hydroxyl groups is 1. The highest BCUT2D eigenvalue weighted by Gasteiger charge is 2.23. The topological polar surface area (TPSA) is 40.5 Å². The highest BCUT2D eigenvalue weighted by atomic mass is 35.5. The predicted octanol–water partition coefficient (Wildman–Crippen LogP) is 5.13. The zero-order chi connectivity index (χ0) is 18.5. The lowest BCUT2D eigenvalue weighted by molar-refractivity contribution is 0.0620. The number of likely N-dealkylation sites (tertiary alicyclic amines) is 1. The van der Waals surface area contributed by atoms with Crippen LogP contribution >= 0.6 is 35.0 Å². The minimum Gasteiger partial charge on any atom is -0.396 e. The summed E-state index contributed by atoms with van der Waals surface area (Å²) >= 11 is 13.8. The molecule has 1 fully saturated rings. The number of hydrogen-bond donors (Lipinski definition) is 1. The Bertz CT molecular complexity index is 767. The summed E-state index contributed by atoms with van der Waals surface area (Å²) in [6, 6.07) is 13.1. The molecule has 138 valence electrons. The summed E-state index contributed by atoms with van der Waals surface area (Å²) in [6.07, 6.45) is 1.94. The first-order valence-corrected chi connectivity index (χ1v) is 10.4. The van der Waals surface area contributed by atoms with Gasteiger partial charge in [-0.15, -0.1) is 11.8 Å². The lowest BCUT2D eigenvalue weighted by atomic mass is 9.98. The summed E-state index contributed by atoms with van der Waals surface area (Å²) in [4.78, 5) is 15.4. The van der Waals surface area contributed by atoms with Crippen LogP contribution in [0.2, 0.25) is 10.0 Å². The fourth-order valence-electron chi connectivity index (χ4n) is 3.07. The van der Waals surface area contributed by atoms with Gasteiger partial charge in [-0.2, -0.15) is 0 Å². The molecule has 3 nitrogen and oxygen atoms in total. The average molecular weight is 410 g/mol. The van der Waals surface area contributed by atoms with E-state index in [1.807, 2.05) is 35.2 Å². The van der Waals surface area contributed by atoms with Crippen molar-refractivity contribution in [2.45, 2.75) is 23.5 Å². The van der Waals surface area contributed by atoms with E-state index in [0.29, 0.717) is 22.2 Å². The molecule has 0 radical (unpaired) electrons. The molecule has 0 aliphatic carbocycles. The molecule has 1 aliphatic rings. The standard InChI is InChI=1S/C20H21Cl2NO2S/c21-17-7-8-18(22)19(10-17)26-13-14-3-5-16(6-4-14)20(25)23-9-1-2-15(11-23)12-24/h3-8,10,15,24H,1-2,9,11-13H2. The summed E-state index contributed by atoms with van der Waals surface area (Å²) in [6.45, 7) is 1.55. The molecule has 1 heterocycles. The summed E-state index contributed by atoms with van der Waals surface area (Å²) in [7, 11) is 0. The number of carbonyl (C=O) groups excluding carboxylic acids is 1. The van der Waals surface area contributed by atoms with Crippen molar-refractivity contribution >= 4 is 40.9 Å². The fraction of sp³-hybridized carbons (Fsp3) is 0.350. The largest absolute Gasteiger partial charge is 0.396 e. The molecule has 0 saturated carbocycles. The monoisotopic (exact) mass is 409 g/mol.